The molecule has 4 nitrogen and oxygen atoms in total. The number of benzene rings is 3. The molecule has 0 amide bonds. The zero-order chi connectivity index (χ0) is 28.1. The van der Waals surface area contributed by atoms with Gasteiger partial charge in [0.1, 0.15) is 0 Å². The summed E-state index contributed by atoms with van der Waals surface area (Å²) in [6.07, 6.45) is 0. The topological polar surface area (TPSA) is 20.6 Å². The van der Waals surface area contributed by atoms with E-state index < -0.39 is 0 Å². The number of ether oxygens (including phenoxy) is 1. The zero-order valence-electron chi connectivity index (χ0n) is 25.3. The first-order valence-corrected chi connectivity index (χ1v) is 14.9. The van der Waals surface area contributed by atoms with Gasteiger partial charge in [-0.05, 0) is 108 Å². The van der Waals surface area contributed by atoms with Gasteiger partial charge in [-0.3, -0.25) is 0 Å². The Bertz CT molecular complexity index is 1330. The third-order valence-electron chi connectivity index (χ3n) is 8.23. The molecule has 0 aliphatic carbocycles. The highest BCUT2D eigenvalue weighted by atomic mass is 16.5. The number of hydrogen-bond acceptors (Lipinski definition) is 3. The Morgan fingerprint density at radius 2 is 1.21 bits per heavy atom. The number of fused-ring (bicyclic) bond motifs is 1. The van der Waals surface area contributed by atoms with Crippen LogP contribution in [0.1, 0.15) is 75.3 Å². The van der Waals surface area contributed by atoms with Crippen molar-refractivity contribution in [3.63, 3.8) is 0 Å². The normalized spacial score (nSPS) is 11.4. The molecule has 0 saturated carbocycles. The van der Waals surface area contributed by atoms with Crippen LogP contribution in [0.5, 0.6) is 5.88 Å². The lowest BCUT2D eigenvalue weighted by molar-refractivity contribution is 0.309. The van der Waals surface area contributed by atoms with Crippen LogP contribution in [-0.4, -0.2) is 37.4 Å². The van der Waals surface area contributed by atoms with Crippen molar-refractivity contribution in [3.05, 3.63) is 88.5 Å². The van der Waals surface area contributed by atoms with Crippen molar-refractivity contribution in [2.45, 2.75) is 67.9 Å². The lowest BCUT2D eigenvalue weighted by Gasteiger charge is -2.28. The fraction of sp³-hybridized carbons (Fsp3) is 0.429. The molecule has 4 aromatic rings. The van der Waals surface area contributed by atoms with Crippen LogP contribution in [0.25, 0.3) is 10.9 Å². The summed E-state index contributed by atoms with van der Waals surface area (Å²) < 4.78 is 8.84. The molecular formula is C35H47N3O. The molecule has 0 atom stereocenters. The number of aryl methyl sites for hydroxylation is 3. The Morgan fingerprint density at radius 3 is 1.64 bits per heavy atom. The molecule has 0 unspecified atom stereocenters. The van der Waals surface area contributed by atoms with E-state index >= 15 is 0 Å². The van der Waals surface area contributed by atoms with E-state index in [9.17, 15) is 0 Å². The number of rotatable bonds is 12. The Labute approximate surface area is 236 Å². The van der Waals surface area contributed by atoms with E-state index in [4.69, 9.17) is 4.74 Å². The Morgan fingerprint density at radius 1 is 0.692 bits per heavy atom. The molecule has 3 aromatic carbocycles. The minimum atomic E-state index is 0.0563. The van der Waals surface area contributed by atoms with Gasteiger partial charge in [0.05, 0.1) is 12.1 Å². The number of hydrogen-bond donors (Lipinski definition) is 0. The molecule has 0 aliphatic heterocycles. The van der Waals surface area contributed by atoms with Crippen molar-refractivity contribution in [1.82, 2.24) is 4.57 Å². The Balaban J connectivity index is 2.03. The van der Waals surface area contributed by atoms with Gasteiger partial charge in [0.2, 0.25) is 0 Å². The molecule has 0 radical (unpaired) electrons. The van der Waals surface area contributed by atoms with Crippen LogP contribution in [0.3, 0.4) is 0 Å². The summed E-state index contributed by atoms with van der Waals surface area (Å²) in [5.74, 6) is 1.05. The minimum Gasteiger partial charge on any atom is -0.479 e. The molecule has 4 rings (SSSR count). The lowest BCUT2D eigenvalue weighted by Crippen LogP contribution is -2.22. The van der Waals surface area contributed by atoms with Crippen molar-refractivity contribution in [3.8, 4) is 5.88 Å². The fourth-order valence-electron chi connectivity index (χ4n) is 6.21. The lowest BCUT2D eigenvalue weighted by atomic mass is 9.80. The summed E-state index contributed by atoms with van der Waals surface area (Å²) in [5, 5.41) is 1.27. The van der Waals surface area contributed by atoms with Crippen LogP contribution in [0.4, 0.5) is 11.4 Å². The Kier molecular flexibility index (Phi) is 9.27. The Hall–Kier alpha value is -3.40. The molecule has 208 valence electrons. The summed E-state index contributed by atoms with van der Waals surface area (Å²) in [7, 11) is 0. The van der Waals surface area contributed by atoms with Crippen LogP contribution < -0.4 is 14.5 Å². The summed E-state index contributed by atoms with van der Waals surface area (Å²) in [6.45, 7) is 23.3. The highest BCUT2D eigenvalue weighted by Gasteiger charge is 2.30. The van der Waals surface area contributed by atoms with Gasteiger partial charge in [-0.1, -0.05) is 30.3 Å². The summed E-state index contributed by atoms with van der Waals surface area (Å²) in [4.78, 5) is 4.84. The molecule has 1 aromatic heterocycles. The maximum Gasteiger partial charge on any atom is 0.198 e. The number of aromatic nitrogens is 1. The largest absolute Gasteiger partial charge is 0.479 e. The first kappa shape index (κ1) is 28.6. The van der Waals surface area contributed by atoms with Gasteiger partial charge in [0.25, 0.3) is 0 Å². The molecule has 0 aliphatic rings. The van der Waals surface area contributed by atoms with Gasteiger partial charge >= 0.3 is 0 Å². The van der Waals surface area contributed by atoms with Gasteiger partial charge in [-0.25, -0.2) is 0 Å². The first-order valence-electron chi connectivity index (χ1n) is 14.9. The van der Waals surface area contributed by atoms with Crippen molar-refractivity contribution >= 4 is 22.3 Å². The average Bonchev–Trinajstić information content (AvgIpc) is 3.25. The smallest absolute Gasteiger partial charge is 0.198 e. The second kappa shape index (κ2) is 12.6. The maximum absolute atomic E-state index is 6.49. The second-order valence-electron chi connectivity index (χ2n) is 10.3. The first-order chi connectivity index (χ1) is 18.9. The van der Waals surface area contributed by atoms with Gasteiger partial charge in [0, 0.05) is 61.0 Å². The molecule has 0 fully saturated rings. The van der Waals surface area contributed by atoms with E-state index in [-0.39, 0.29) is 5.92 Å². The van der Waals surface area contributed by atoms with Gasteiger partial charge in [-0.15, -0.1) is 0 Å². The second-order valence-corrected chi connectivity index (χ2v) is 10.3. The number of para-hydroxylation sites is 1. The summed E-state index contributed by atoms with van der Waals surface area (Å²) in [6, 6.07) is 22.9. The van der Waals surface area contributed by atoms with Crippen LogP contribution in [0, 0.1) is 13.8 Å². The van der Waals surface area contributed by atoms with Crippen LogP contribution in [0.15, 0.2) is 60.7 Å². The molecule has 4 heteroatoms. The predicted molar refractivity (Wildman–Crippen MR) is 169 cm³/mol. The van der Waals surface area contributed by atoms with Crippen molar-refractivity contribution in [2.75, 3.05) is 42.6 Å². The van der Waals surface area contributed by atoms with E-state index in [1.165, 1.54) is 50.1 Å². The van der Waals surface area contributed by atoms with Crippen molar-refractivity contribution in [1.29, 1.82) is 0 Å². The highest BCUT2D eigenvalue weighted by Crippen LogP contribution is 2.46. The van der Waals surface area contributed by atoms with Crippen molar-refractivity contribution in [2.24, 2.45) is 0 Å². The van der Waals surface area contributed by atoms with E-state index in [0.717, 1.165) is 38.6 Å². The third kappa shape index (κ3) is 5.39. The van der Waals surface area contributed by atoms with E-state index in [1.54, 1.807) is 0 Å². The van der Waals surface area contributed by atoms with E-state index in [1.807, 2.05) is 0 Å². The number of anilines is 2. The molecule has 1 heterocycles. The zero-order valence-corrected chi connectivity index (χ0v) is 25.3. The quantitative estimate of drug-likeness (QED) is 0.185. The fourth-order valence-corrected chi connectivity index (χ4v) is 6.21. The molecule has 0 bridgehead atoms. The highest BCUT2D eigenvalue weighted by molar-refractivity contribution is 5.89. The van der Waals surface area contributed by atoms with Gasteiger partial charge < -0.3 is 19.1 Å². The molecule has 0 saturated heterocycles. The summed E-state index contributed by atoms with van der Waals surface area (Å²) >= 11 is 0. The van der Waals surface area contributed by atoms with E-state index in [2.05, 4.69) is 130 Å². The molecule has 0 N–H and O–H groups in total. The van der Waals surface area contributed by atoms with Crippen LogP contribution >= 0.6 is 0 Å². The van der Waals surface area contributed by atoms with Gasteiger partial charge in [0.15, 0.2) is 5.88 Å². The van der Waals surface area contributed by atoms with Crippen molar-refractivity contribution < 1.29 is 4.74 Å². The predicted octanol–water partition coefficient (Wildman–Crippen LogP) is 8.55. The summed E-state index contributed by atoms with van der Waals surface area (Å²) in [5.41, 5.74) is 10.4. The monoisotopic (exact) mass is 525 g/mol. The average molecular weight is 526 g/mol. The van der Waals surface area contributed by atoms with E-state index in [0.29, 0.717) is 6.61 Å². The molecular weight excluding hydrogens is 478 g/mol. The standard InChI is InChI=1S/C35H47N3O/c1-9-36(10-2)27-19-21-29(25(7)23-27)33(30-22-20-28(24-26(30)8)37(11-3)12-4)34-31-17-15-16-18-32(31)38(13-5)35(34)39-14-6/h15-24,33H,9-14H2,1-8H3. The maximum atomic E-state index is 6.49. The van der Waals surface area contributed by atoms with Crippen LogP contribution in [-0.2, 0) is 6.54 Å². The minimum absolute atomic E-state index is 0.0563. The molecule has 0 spiro atoms. The van der Waals surface area contributed by atoms with Gasteiger partial charge in [-0.2, -0.15) is 0 Å². The molecule has 39 heavy (non-hydrogen) atoms. The van der Waals surface area contributed by atoms with Crippen LogP contribution in [0.2, 0.25) is 0 Å². The SMILES string of the molecule is CCOc1c(C(c2ccc(N(CC)CC)cc2C)c2ccc(N(CC)CC)cc2C)c2ccccc2n1CC. The third-order valence-corrected chi connectivity index (χ3v) is 8.23. The number of nitrogens with zero attached hydrogens (tertiary/aromatic N) is 3.